The number of carbonyl (C=O) groups excluding carboxylic acids is 1. The van der Waals surface area contributed by atoms with Crippen LogP contribution in [-0.4, -0.2) is 41.6 Å². The van der Waals surface area contributed by atoms with E-state index in [1.165, 1.54) is 12.8 Å². The second-order valence-electron chi connectivity index (χ2n) is 5.98. The van der Waals surface area contributed by atoms with E-state index < -0.39 is 0 Å². The number of amides is 1. The van der Waals surface area contributed by atoms with Crippen molar-refractivity contribution in [3.8, 4) is 5.75 Å². The molecule has 21 heavy (non-hydrogen) atoms. The molecule has 114 valence electrons. The third-order valence-electron chi connectivity index (χ3n) is 4.63. The van der Waals surface area contributed by atoms with Crippen molar-refractivity contribution >= 4 is 21.8 Å². The van der Waals surface area contributed by atoms with Crippen LogP contribution in [0.1, 0.15) is 36.0 Å². The van der Waals surface area contributed by atoms with E-state index >= 15 is 0 Å². The quantitative estimate of drug-likeness (QED) is 0.860. The molecule has 1 aromatic rings. The lowest BCUT2D eigenvalue weighted by molar-refractivity contribution is 0.0667. The molecule has 0 bridgehead atoms. The molecular formula is C16H21BrN2O2. The Hall–Kier alpha value is -1.07. The van der Waals surface area contributed by atoms with E-state index in [0.717, 1.165) is 36.9 Å². The maximum absolute atomic E-state index is 12.8. The third kappa shape index (κ3) is 3.09. The van der Waals surface area contributed by atoms with Crippen LogP contribution in [0.2, 0.25) is 0 Å². The van der Waals surface area contributed by atoms with Crippen LogP contribution >= 0.6 is 15.9 Å². The molecule has 2 aliphatic heterocycles. The zero-order chi connectivity index (χ0) is 14.8. The summed E-state index contributed by atoms with van der Waals surface area (Å²) in [6.45, 7) is 2.89. The number of phenols is 1. The van der Waals surface area contributed by atoms with Crippen molar-refractivity contribution in [2.24, 2.45) is 5.92 Å². The van der Waals surface area contributed by atoms with Gasteiger partial charge in [-0.25, -0.2) is 0 Å². The van der Waals surface area contributed by atoms with Crippen LogP contribution in [0.5, 0.6) is 5.75 Å². The zero-order valence-electron chi connectivity index (χ0n) is 12.0. The molecule has 0 spiro atoms. The molecular weight excluding hydrogens is 332 g/mol. The van der Waals surface area contributed by atoms with E-state index in [0.29, 0.717) is 17.5 Å². The van der Waals surface area contributed by atoms with E-state index in [1.807, 2.05) is 4.90 Å². The molecule has 1 aromatic carbocycles. The first-order valence-electron chi connectivity index (χ1n) is 7.67. The highest BCUT2D eigenvalue weighted by molar-refractivity contribution is 9.10. The van der Waals surface area contributed by atoms with Crippen molar-refractivity contribution < 1.29 is 9.90 Å². The van der Waals surface area contributed by atoms with Gasteiger partial charge in [0.25, 0.3) is 5.91 Å². The van der Waals surface area contributed by atoms with Crippen molar-refractivity contribution in [3.63, 3.8) is 0 Å². The average Bonchev–Trinajstić information content (AvgIpc) is 2.97. The summed E-state index contributed by atoms with van der Waals surface area (Å²) < 4.78 is 0.783. The molecule has 0 aliphatic carbocycles. The van der Waals surface area contributed by atoms with Gasteiger partial charge in [-0.05, 0) is 62.9 Å². The van der Waals surface area contributed by atoms with Gasteiger partial charge in [-0.2, -0.15) is 0 Å². The Kier molecular flexibility index (Phi) is 4.50. The zero-order valence-corrected chi connectivity index (χ0v) is 13.6. The Balaban J connectivity index is 1.79. The minimum absolute atomic E-state index is 0.0342. The number of hydrogen-bond donors (Lipinski definition) is 2. The first-order valence-corrected chi connectivity index (χ1v) is 8.46. The number of nitrogens with one attached hydrogen (secondary N) is 1. The topological polar surface area (TPSA) is 52.6 Å². The minimum atomic E-state index is -0.0342. The molecule has 0 saturated carbocycles. The summed E-state index contributed by atoms with van der Waals surface area (Å²) in [6, 6.07) is 5.41. The van der Waals surface area contributed by atoms with Gasteiger partial charge in [0.1, 0.15) is 5.75 Å². The van der Waals surface area contributed by atoms with Crippen molar-refractivity contribution in [3.05, 3.63) is 28.2 Å². The summed E-state index contributed by atoms with van der Waals surface area (Å²) in [5.74, 6) is 0.567. The molecule has 0 radical (unpaired) electrons. The summed E-state index contributed by atoms with van der Waals surface area (Å²) in [5, 5.41) is 13.5. The maximum Gasteiger partial charge on any atom is 0.257 e. The number of rotatable bonds is 2. The Bertz CT molecular complexity index is 529. The smallest absolute Gasteiger partial charge is 0.257 e. The Morgan fingerprint density at radius 1 is 1.33 bits per heavy atom. The second kappa shape index (κ2) is 6.36. The molecule has 2 unspecified atom stereocenters. The first kappa shape index (κ1) is 14.9. The largest absolute Gasteiger partial charge is 0.507 e. The summed E-state index contributed by atoms with van der Waals surface area (Å²) in [4.78, 5) is 14.7. The van der Waals surface area contributed by atoms with Gasteiger partial charge in [-0.15, -0.1) is 0 Å². The molecule has 0 aromatic heterocycles. The van der Waals surface area contributed by atoms with Crippen LogP contribution in [0.4, 0.5) is 0 Å². The Morgan fingerprint density at radius 2 is 2.19 bits per heavy atom. The van der Waals surface area contributed by atoms with Crippen LogP contribution in [0.15, 0.2) is 22.7 Å². The number of piperidine rings is 1. The molecule has 1 amide bonds. The molecule has 2 N–H and O–H groups in total. The lowest BCUT2D eigenvalue weighted by atomic mass is 9.90. The first-order chi connectivity index (χ1) is 10.2. The highest BCUT2D eigenvalue weighted by atomic mass is 79.9. The number of phenolic OH excluding ortho intramolecular Hbond substituents is 1. The molecule has 2 atom stereocenters. The number of likely N-dealkylation sites (tertiary alicyclic amines) is 1. The molecule has 3 rings (SSSR count). The lowest BCUT2D eigenvalue weighted by Crippen LogP contribution is -2.45. The van der Waals surface area contributed by atoms with Crippen molar-refractivity contribution in [1.82, 2.24) is 10.2 Å². The third-order valence-corrected chi connectivity index (χ3v) is 5.12. The fourth-order valence-electron chi connectivity index (χ4n) is 3.58. The predicted octanol–water partition coefficient (Wildman–Crippen LogP) is 2.76. The summed E-state index contributed by atoms with van der Waals surface area (Å²) in [7, 11) is 0. The second-order valence-corrected chi connectivity index (χ2v) is 6.89. The van der Waals surface area contributed by atoms with Crippen LogP contribution < -0.4 is 5.32 Å². The highest BCUT2D eigenvalue weighted by Gasteiger charge is 2.36. The van der Waals surface area contributed by atoms with Crippen LogP contribution in [0.3, 0.4) is 0 Å². The van der Waals surface area contributed by atoms with Gasteiger partial charge in [0.05, 0.1) is 5.56 Å². The summed E-state index contributed by atoms with van der Waals surface area (Å²) in [5.41, 5.74) is 0.411. The van der Waals surface area contributed by atoms with Gasteiger partial charge < -0.3 is 15.3 Å². The number of hydrogen-bond acceptors (Lipinski definition) is 3. The van der Waals surface area contributed by atoms with Crippen LogP contribution in [0.25, 0.3) is 0 Å². The Morgan fingerprint density at radius 3 is 2.90 bits per heavy atom. The van der Waals surface area contributed by atoms with Gasteiger partial charge >= 0.3 is 0 Å². The normalized spacial score (nSPS) is 26.0. The summed E-state index contributed by atoms with van der Waals surface area (Å²) in [6.07, 6.45) is 4.51. The van der Waals surface area contributed by atoms with Gasteiger partial charge in [0.15, 0.2) is 0 Å². The standard InChI is InChI=1S/C16H21BrN2O2/c17-12-5-6-13(15(20)9-12)16(21)19-8-2-4-14(19)11-3-1-7-18-10-11/h5-6,9,11,14,18,20H,1-4,7-8,10H2. The predicted molar refractivity (Wildman–Crippen MR) is 85.5 cm³/mol. The molecule has 2 fully saturated rings. The fourth-order valence-corrected chi connectivity index (χ4v) is 3.93. The van der Waals surface area contributed by atoms with E-state index in [1.54, 1.807) is 18.2 Å². The molecule has 5 heteroatoms. The number of aromatic hydroxyl groups is 1. The van der Waals surface area contributed by atoms with Crippen molar-refractivity contribution in [1.29, 1.82) is 0 Å². The number of nitrogens with zero attached hydrogens (tertiary/aromatic N) is 1. The van der Waals surface area contributed by atoms with Crippen molar-refractivity contribution in [2.75, 3.05) is 19.6 Å². The van der Waals surface area contributed by atoms with Gasteiger partial charge in [-0.3, -0.25) is 4.79 Å². The lowest BCUT2D eigenvalue weighted by Gasteiger charge is -2.34. The van der Waals surface area contributed by atoms with Crippen LogP contribution in [0, 0.1) is 5.92 Å². The summed E-state index contributed by atoms with van der Waals surface area (Å²) >= 11 is 3.31. The monoisotopic (exact) mass is 352 g/mol. The molecule has 4 nitrogen and oxygen atoms in total. The SMILES string of the molecule is O=C(c1ccc(Br)cc1O)N1CCCC1C1CCCNC1. The minimum Gasteiger partial charge on any atom is -0.507 e. The van der Waals surface area contributed by atoms with Crippen LogP contribution in [-0.2, 0) is 0 Å². The number of carbonyl (C=O) groups is 1. The van der Waals surface area contributed by atoms with Gasteiger partial charge in [0, 0.05) is 17.1 Å². The fraction of sp³-hybridized carbons (Fsp3) is 0.562. The van der Waals surface area contributed by atoms with Gasteiger partial charge in [-0.1, -0.05) is 15.9 Å². The van der Waals surface area contributed by atoms with E-state index in [4.69, 9.17) is 0 Å². The van der Waals surface area contributed by atoms with Crippen molar-refractivity contribution in [2.45, 2.75) is 31.7 Å². The molecule has 2 heterocycles. The average molecular weight is 353 g/mol. The maximum atomic E-state index is 12.8. The molecule has 2 aliphatic rings. The number of benzene rings is 1. The molecule has 2 saturated heterocycles. The number of halogens is 1. The van der Waals surface area contributed by atoms with E-state index in [-0.39, 0.29) is 11.7 Å². The Labute approximate surface area is 133 Å². The van der Waals surface area contributed by atoms with Gasteiger partial charge in [0.2, 0.25) is 0 Å². The highest BCUT2D eigenvalue weighted by Crippen LogP contribution is 2.31. The van der Waals surface area contributed by atoms with E-state index in [9.17, 15) is 9.90 Å². The van der Waals surface area contributed by atoms with E-state index in [2.05, 4.69) is 21.2 Å².